The minimum Gasteiger partial charge on any atom is -0.511 e. The number of carbonyl (C=O) groups is 1. The lowest BCUT2D eigenvalue weighted by Crippen LogP contribution is -2.37. The van der Waals surface area contributed by atoms with Gasteiger partial charge in [0.2, 0.25) is 0 Å². The number of nitrogens with zero attached hydrogens (tertiary/aromatic N) is 2. The standard InChI is InChI=1S/C32H37N3O5/c1-4-33-31(38)29-28(24-12-10-22(11-13-24)20-35-14-16-39-17-15-35)30(40-34-29)32(21(2)3)19-25(26(36)18-27(32)37)23-8-6-5-7-9-23/h5-13,18,21,36-37H,4,14-17,19-20H2,1-3H3,(H,33,38). The minimum absolute atomic E-state index is 0.0115. The number of allylic oxidation sites excluding steroid dienone is 3. The monoisotopic (exact) mass is 543 g/mol. The molecule has 1 unspecified atom stereocenters. The molecule has 1 atom stereocenters. The summed E-state index contributed by atoms with van der Waals surface area (Å²) in [5.74, 6) is -0.116. The topological polar surface area (TPSA) is 108 Å². The van der Waals surface area contributed by atoms with E-state index in [4.69, 9.17) is 9.26 Å². The quantitative estimate of drug-likeness (QED) is 0.338. The molecule has 8 nitrogen and oxygen atoms in total. The fraction of sp³-hybridized carbons (Fsp3) is 0.375. The molecule has 8 heteroatoms. The lowest BCUT2D eigenvalue weighted by Gasteiger charge is -2.38. The van der Waals surface area contributed by atoms with Crippen molar-refractivity contribution in [2.45, 2.75) is 39.2 Å². The van der Waals surface area contributed by atoms with Crippen LogP contribution >= 0.6 is 0 Å². The molecule has 2 heterocycles. The summed E-state index contributed by atoms with van der Waals surface area (Å²) in [6, 6.07) is 17.7. The van der Waals surface area contributed by atoms with Crippen LogP contribution in [0.1, 0.15) is 54.6 Å². The van der Waals surface area contributed by atoms with E-state index in [0.717, 1.165) is 49.5 Å². The summed E-state index contributed by atoms with van der Waals surface area (Å²) >= 11 is 0. The molecule has 0 saturated carbocycles. The van der Waals surface area contributed by atoms with Crippen LogP contribution in [-0.2, 0) is 16.7 Å². The molecule has 5 rings (SSSR count). The van der Waals surface area contributed by atoms with Gasteiger partial charge in [0.15, 0.2) is 11.5 Å². The van der Waals surface area contributed by atoms with Crippen molar-refractivity contribution >= 4 is 11.5 Å². The zero-order chi connectivity index (χ0) is 28.3. The van der Waals surface area contributed by atoms with Crippen molar-refractivity contribution in [1.82, 2.24) is 15.4 Å². The Morgan fingerprint density at radius 3 is 2.40 bits per heavy atom. The van der Waals surface area contributed by atoms with Crippen molar-refractivity contribution in [3.63, 3.8) is 0 Å². The average Bonchev–Trinajstić information content (AvgIpc) is 3.40. The Labute approximate surface area is 234 Å². The number of benzene rings is 2. The van der Waals surface area contributed by atoms with Gasteiger partial charge in [-0.15, -0.1) is 0 Å². The molecule has 210 valence electrons. The molecule has 1 aliphatic carbocycles. The maximum absolute atomic E-state index is 13.2. The van der Waals surface area contributed by atoms with Crippen molar-refractivity contribution in [3.05, 3.63) is 94.8 Å². The van der Waals surface area contributed by atoms with E-state index in [1.165, 1.54) is 6.08 Å². The van der Waals surface area contributed by atoms with Crippen LogP contribution in [0.5, 0.6) is 0 Å². The first-order chi connectivity index (χ1) is 19.3. The lowest BCUT2D eigenvalue weighted by atomic mass is 9.64. The third-order valence-electron chi connectivity index (χ3n) is 8.01. The van der Waals surface area contributed by atoms with E-state index < -0.39 is 5.41 Å². The summed E-state index contributed by atoms with van der Waals surface area (Å²) in [6.07, 6.45) is 1.67. The maximum Gasteiger partial charge on any atom is 0.274 e. The number of rotatable bonds is 8. The Bertz CT molecular complexity index is 1400. The van der Waals surface area contributed by atoms with E-state index in [2.05, 4.69) is 27.5 Å². The molecule has 0 bridgehead atoms. The van der Waals surface area contributed by atoms with Gasteiger partial charge in [0.1, 0.15) is 11.5 Å². The number of aliphatic hydroxyl groups is 2. The van der Waals surface area contributed by atoms with Crippen molar-refractivity contribution in [2.75, 3.05) is 32.8 Å². The molecule has 1 fully saturated rings. The molecule has 0 radical (unpaired) electrons. The average molecular weight is 544 g/mol. The highest BCUT2D eigenvalue weighted by Crippen LogP contribution is 2.52. The third kappa shape index (κ3) is 5.17. The Kier molecular flexibility index (Phi) is 8.09. The van der Waals surface area contributed by atoms with Crippen molar-refractivity contribution < 1.29 is 24.3 Å². The third-order valence-corrected chi connectivity index (χ3v) is 8.01. The van der Waals surface area contributed by atoms with E-state index in [1.807, 2.05) is 63.2 Å². The fourth-order valence-electron chi connectivity index (χ4n) is 5.71. The Hall–Kier alpha value is -3.88. The van der Waals surface area contributed by atoms with E-state index >= 15 is 0 Å². The van der Waals surface area contributed by atoms with Crippen LogP contribution in [0, 0.1) is 5.92 Å². The van der Waals surface area contributed by atoms with Gasteiger partial charge in [-0.05, 0) is 36.0 Å². The molecule has 2 aromatic carbocycles. The smallest absolute Gasteiger partial charge is 0.274 e. The fourth-order valence-corrected chi connectivity index (χ4v) is 5.71. The van der Waals surface area contributed by atoms with Crippen molar-refractivity contribution in [1.29, 1.82) is 0 Å². The second-order valence-corrected chi connectivity index (χ2v) is 10.7. The molecule has 2 aliphatic rings. The van der Waals surface area contributed by atoms with Crippen LogP contribution in [-0.4, -0.2) is 59.0 Å². The van der Waals surface area contributed by atoms with Crippen LogP contribution in [0.15, 0.2) is 76.7 Å². The van der Waals surface area contributed by atoms with Gasteiger partial charge in [-0.3, -0.25) is 9.69 Å². The van der Waals surface area contributed by atoms with E-state index in [0.29, 0.717) is 23.4 Å². The zero-order valence-corrected chi connectivity index (χ0v) is 23.3. The highest BCUT2D eigenvalue weighted by Gasteiger charge is 2.49. The van der Waals surface area contributed by atoms with E-state index in [1.54, 1.807) is 0 Å². The van der Waals surface area contributed by atoms with E-state index in [9.17, 15) is 15.0 Å². The largest absolute Gasteiger partial charge is 0.511 e. The second-order valence-electron chi connectivity index (χ2n) is 10.7. The SMILES string of the molecule is CCNC(=O)c1noc(C2(C(C)C)CC(c3ccccc3)=C(O)C=C2O)c1-c1ccc(CN2CCOCC2)cc1. The molecular formula is C32H37N3O5. The first-order valence-electron chi connectivity index (χ1n) is 13.9. The van der Waals surface area contributed by atoms with Crippen molar-refractivity contribution in [3.8, 4) is 11.1 Å². The summed E-state index contributed by atoms with van der Waals surface area (Å²) in [7, 11) is 0. The summed E-state index contributed by atoms with van der Waals surface area (Å²) in [5, 5.41) is 29.5. The number of aliphatic hydroxyl groups excluding tert-OH is 2. The summed E-state index contributed by atoms with van der Waals surface area (Å²) < 4.78 is 11.5. The van der Waals surface area contributed by atoms with E-state index in [-0.39, 0.29) is 35.5 Å². The predicted octanol–water partition coefficient (Wildman–Crippen LogP) is 5.63. The second kappa shape index (κ2) is 11.7. The Balaban J connectivity index is 1.61. The Morgan fingerprint density at radius 1 is 1.05 bits per heavy atom. The number of nitrogens with one attached hydrogen (secondary N) is 1. The van der Waals surface area contributed by atoms with Crippen LogP contribution in [0.25, 0.3) is 16.7 Å². The Morgan fingerprint density at radius 2 is 1.75 bits per heavy atom. The van der Waals surface area contributed by atoms with Crippen LogP contribution < -0.4 is 5.32 Å². The van der Waals surface area contributed by atoms with Gasteiger partial charge in [-0.2, -0.15) is 0 Å². The molecule has 1 aromatic heterocycles. The summed E-state index contributed by atoms with van der Waals surface area (Å²) in [4.78, 5) is 15.5. The zero-order valence-electron chi connectivity index (χ0n) is 23.3. The molecule has 3 aromatic rings. The normalized spacial score (nSPS) is 20.1. The summed E-state index contributed by atoms with van der Waals surface area (Å²) in [6.45, 7) is 10.4. The first-order valence-corrected chi connectivity index (χ1v) is 13.9. The molecule has 1 aliphatic heterocycles. The molecule has 1 amide bonds. The van der Waals surface area contributed by atoms with Gasteiger partial charge in [0.05, 0.1) is 24.2 Å². The number of ether oxygens (including phenoxy) is 1. The minimum atomic E-state index is -1.06. The number of morpholine rings is 1. The van der Waals surface area contributed by atoms with Crippen LogP contribution in [0.2, 0.25) is 0 Å². The van der Waals surface area contributed by atoms with Gasteiger partial charge < -0.3 is 24.8 Å². The number of hydrogen-bond donors (Lipinski definition) is 3. The number of carbonyl (C=O) groups excluding carboxylic acids is 1. The van der Waals surface area contributed by atoms with Gasteiger partial charge in [0.25, 0.3) is 5.91 Å². The molecule has 40 heavy (non-hydrogen) atoms. The lowest BCUT2D eigenvalue weighted by molar-refractivity contribution is 0.0342. The summed E-state index contributed by atoms with van der Waals surface area (Å²) in [5.41, 5.74) is 3.13. The van der Waals surface area contributed by atoms with Gasteiger partial charge in [0, 0.05) is 37.8 Å². The number of hydrogen-bond acceptors (Lipinski definition) is 7. The van der Waals surface area contributed by atoms with Crippen LogP contribution in [0.4, 0.5) is 0 Å². The molecule has 1 saturated heterocycles. The number of amides is 1. The first kappa shape index (κ1) is 27.7. The van der Waals surface area contributed by atoms with Gasteiger partial charge in [-0.1, -0.05) is 73.6 Å². The van der Waals surface area contributed by atoms with Crippen LogP contribution in [0.3, 0.4) is 0 Å². The predicted molar refractivity (Wildman–Crippen MR) is 154 cm³/mol. The molecule has 3 N–H and O–H groups in total. The molecular weight excluding hydrogens is 506 g/mol. The maximum atomic E-state index is 13.2. The highest BCUT2D eigenvalue weighted by molar-refractivity contribution is 5.99. The number of aromatic nitrogens is 1. The van der Waals surface area contributed by atoms with Gasteiger partial charge in [-0.25, -0.2) is 0 Å². The molecule has 0 spiro atoms. The van der Waals surface area contributed by atoms with Crippen molar-refractivity contribution in [2.24, 2.45) is 5.92 Å². The highest BCUT2D eigenvalue weighted by atomic mass is 16.5. The van der Waals surface area contributed by atoms with Gasteiger partial charge >= 0.3 is 0 Å².